The van der Waals surface area contributed by atoms with Crippen LogP contribution in [-0.2, 0) is 93.7 Å². The molecule has 0 bridgehead atoms. The number of unbranched alkanes of at least 4 members (excludes halogenated alkanes) is 2. The molecule has 8 N–H and O–H groups in total. The van der Waals surface area contributed by atoms with Crippen LogP contribution in [0.5, 0.6) is 0 Å². The van der Waals surface area contributed by atoms with Gasteiger partial charge in [0.15, 0.2) is 0 Å². The van der Waals surface area contributed by atoms with E-state index in [0.29, 0.717) is 164 Å². The molecule has 0 spiro atoms. The number of primary amides is 1. The molecule has 23 nitrogen and oxygen atoms in total. The fourth-order valence-corrected chi connectivity index (χ4v) is 11.5. The van der Waals surface area contributed by atoms with Crippen molar-refractivity contribution in [2.45, 2.75) is 63.5 Å². The Bertz CT molecular complexity index is 3580. The van der Waals surface area contributed by atoms with Crippen LogP contribution in [0.4, 0.5) is 0 Å². The average molecular weight is 1340 g/mol. The van der Waals surface area contributed by atoms with Crippen molar-refractivity contribution in [3.05, 3.63) is 120 Å². The molecule has 97 heavy (non-hydrogen) atoms. The van der Waals surface area contributed by atoms with Gasteiger partial charge in [-0.1, -0.05) is 116 Å². The number of hydrogen-bond acceptors (Lipinski definition) is 18. The molecule has 5 amide bonds. The summed E-state index contributed by atoms with van der Waals surface area (Å²) in [7, 11) is 0. The molecule has 0 radical (unpaired) electrons. The van der Waals surface area contributed by atoms with Gasteiger partial charge < -0.3 is 89.6 Å². The second-order valence-corrected chi connectivity index (χ2v) is 23.3. The number of nitrogens with one attached hydrogen (secondary N) is 4. The van der Waals surface area contributed by atoms with Gasteiger partial charge in [-0.05, 0) is 88.6 Å². The number of hydrogen-bond donors (Lipinski definition) is 6. The first kappa shape index (κ1) is 75.4. The van der Waals surface area contributed by atoms with Crippen molar-refractivity contribution >= 4 is 94.2 Å². The van der Waals surface area contributed by atoms with E-state index in [2.05, 4.69) is 118 Å². The van der Waals surface area contributed by atoms with Gasteiger partial charge in [0.05, 0.1) is 159 Å². The fourth-order valence-electron chi connectivity index (χ4n) is 11.5. The molecule has 8 aromatic rings. The number of carbonyl (C=O) groups excluding carboxylic acids is 5. The number of ether oxygens (including phenoxy) is 12. The Balaban J connectivity index is 0.758. The van der Waals surface area contributed by atoms with Crippen LogP contribution in [-0.4, -0.2) is 220 Å². The van der Waals surface area contributed by atoms with E-state index in [1.54, 1.807) is 0 Å². The predicted octanol–water partition coefficient (Wildman–Crippen LogP) is 6.45. The van der Waals surface area contributed by atoms with Crippen LogP contribution < -0.4 is 32.7 Å². The highest BCUT2D eigenvalue weighted by atomic mass is 16.6. The zero-order valence-electron chi connectivity index (χ0n) is 55.9. The van der Waals surface area contributed by atoms with Gasteiger partial charge in [-0.25, -0.2) is 0 Å². The summed E-state index contributed by atoms with van der Waals surface area (Å²) < 4.78 is 66.3. The lowest BCUT2D eigenvalue weighted by Crippen LogP contribution is -2.48. The van der Waals surface area contributed by atoms with E-state index in [0.717, 1.165) is 70.4 Å². The minimum Gasteiger partial charge on any atom is -0.379 e. The first-order chi connectivity index (χ1) is 47.7. The third-order valence-electron chi connectivity index (χ3n) is 16.3. The van der Waals surface area contributed by atoms with Gasteiger partial charge in [-0.3, -0.25) is 24.0 Å². The third-order valence-corrected chi connectivity index (χ3v) is 16.3. The van der Waals surface area contributed by atoms with E-state index >= 15 is 0 Å². The number of benzene rings is 8. The minimum atomic E-state index is -0.878. The van der Waals surface area contributed by atoms with Crippen LogP contribution in [0.1, 0.15) is 49.7 Å². The normalized spacial score (nSPS) is 12.4. The summed E-state index contributed by atoms with van der Waals surface area (Å²) in [6, 6.07) is 35.9. The molecular formula is C74H98N6O17. The lowest BCUT2D eigenvalue weighted by atomic mass is 9.90. The maximum absolute atomic E-state index is 14.2. The first-order valence-corrected chi connectivity index (χ1v) is 34.0. The zero-order valence-corrected chi connectivity index (χ0v) is 55.9. The molecule has 8 rings (SSSR count). The molecule has 0 fully saturated rings. The van der Waals surface area contributed by atoms with Crippen molar-refractivity contribution in [2.24, 2.45) is 11.5 Å². The van der Waals surface area contributed by atoms with E-state index in [4.69, 9.17) is 68.3 Å². The van der Waals surface area contributed by atoms with Crippen molar-refractivity contribution in [3.8, 4) is 0 Å². The number of rotatable bonds is 55. The second-order valence-electron chi connectivity index (χ2n) is 23.3. The second kappa shape index (κ2) is 43.8. The SMILES string of the molecule is NCCOCCOCCOCCOCCOCCOCCC(=O)N[C@@H](Cc1ccc2ccc3cccc4ccc1c2c34)C(=O)NCCCCCC(=O)N[C@@H](Cc1ccc2ccc3cccc4ccc1c2c34)C(=O)NCCOCCOCCOCCOCCOCCOCCC(N)=O. The molecule has 2 atom stereocenters. The molecule has 0 aliphatic rings. The van der Waals surface area contributed by atoms with Crippen LogP contribution >= 0.6 is 0 Å². The van der Waals surface area contributed by atoms with Crippen molar-refractivity contribution < 1.29 is 80.8 Å². The third kappa shape index (κ3) is 25.8. The van der Waals surface area contributed by atoms with E-state index in [-0.39, 0.29) is 88.7 Å². The maximum atomic E-state index is 14.2. The molecule has 0 aliphatic carbocycles. The van der Waals surface area contributed by atoms with Gasteiger partial charge in [0.25, 0.3) is 0 Å². The van der Waals surface area contributed by atoms with Crippen LogP contribution in [0.2, 0.25) is 0 Å². The molecule has 0 aliphatic heterocycles. The van der Waals surface area contributed by atoms with Crippen molar-refractivity contribution in [1.82, 2.24) is 21.3 Å². The molecule has 526 valence electrons. The molecule has 0 heterocycles. The summed E-state index contributed by atoms with van der Waals surface area (Å²) in [6.07, 6.45) is 2.65. The molecule has 0 unspecified atom stereocenters. The Morgan fingerprint density at radius 3 is 1.03 bits per heavy atom. The van der Waals surface area contributed by atoms with Gasteiger partial charge in [0.2, 0.25) is 29.5 Å². The molecular weight excluding hydrogens is 1240 g/mol. The van der Waals surface area contributed by atoms with Gasteiger partial charge >= 0.3 is 0 Å². The summed E-state index contributed by atoms with van der Waals surface area (Å²) in [4.78, 5) is 66.4. The smallest absolute Gasteiger partial charge is 0.243 e. The summed E-state index contributed by atoms with van der Waals surface area (Å²) in [5.41, 5.74) is 12.4. The fraction of sp³-hybridized carbons (Fsp3) is 0.500. The first-order valence-electron chi connectivity index (χ1n) is 34.0. The highest BCUT2D eigenvalue weighted by molar-refractivity contribution is 6.24. The van der Waals surface area contributed by atoms with Crippen LogP contribution in [0, 0.1) is 0 Å². The Morgan fingerprint density at radius 2 is 0.639 bits per heavy atom. The number of carbonyl (C=O) groups is 5. The summed E-state index contributed by atoms with van der Waals surface area (Å²) in [6.45, 7) is 10.3. The lowest BCUT2D eigenvalue weighted by molar-refractivity contribution is -0.129. The van der Waals surface area contributed by atoms with Gasteiger partial charge in [0, 0.05) is 51.7 Å². The van der Waals surface area contributed by atoms with Gasteiger partial charge in [0.1, 0.15) is 12.1 Å². The Morgan fingerprint density at radius 1 is 0.320 bits per heavy atom. The highest BCUT2D eigenvalue weighted by Crippen LogP contribution is 2.38. The summed E-state index contributed by atoms with van der Waals surface area (Å²) >= 11 is 0. The Labute approximate surface area is 567 Å². The van der Waals surface area contributed by atoms with E-state index in [1.165, 1.54) is 5.39 Å². The molecule has 0 aromatic heterocycles. The largest absolute Gasteiger partial charge is 0.379 e. The van der Waals surface area contributed by atoms with Crippen LogP contribution in [0.15, 0.2) is 109 Å². The summed E-state index contributed by atoms with van der Waals surface area (Å²) in [5.74, 6) is -1.61. The highest BCUT2D eigenvalue weighted by Gasteiger charge is 2.25. The topological polar surface area (TPSA) is 296 Å². The molecule has 0 saturated heterocycles. The maximum Gasteiger partial charge on any atom is 0.243 e. The van der Waals surface area contributed by atoms with E-state index < -0.39 is 18.0 Å². The number of nitrogens with two attached hydrogens (primary N) is 2. The monoisotopic (exact) mass is 1340 g/mol. The molecule has 0 saturated carbocycles. The predicted molar refractivity (Wildman–Crippen MR) is 373 cm³/mol. The van der Waals surface area contributed by atoms with Crippen molar-refractivity contribution in [2.75, 3.05) is 178 Å². The van der Waals surface area contributed by atoms with Crippen molar-refractivity contribution in [3.63, 3.8) is 0 Å². The van der Waals surface area contributed by atoms with Gasteiger partial charge in [-0.2, -0.15) is 0 Å². The standard InChI is InChI=1S/C74H98N6O17/c75-25-30-88-34-38-92-42-46-96-50-48-95-45-41-91-37-33-87-29-24-68(83)80-64(52-60-17-15-58-13-11-54-6-4-8-56-19-21-62(60)71(58)69(54)56)73(84)77-26-3-1-2-10-67(82)79-65(53-61-18-16-59-14-12-55-7-5-9-57-20-22-63(61)72(59)70(55)57)74(85)78-27-31-89-35-39-93-43-47-97-51-49-94-44-40-90-36-32-86-28-23-66(76)81/h4-9,11-22,64-65H,1-3,10,23-53,75H2,(H2,76,81)(H,77,84)(H,78,85)(H,79,82)(H,80,83)/t64-,65-/m0/s1. The van der Waals surface area contributed by atoms with E-state index in [1.807, 2.05) is 12.1 Å². The van der Waals surface area contributed by atoms with Gasteiger partial charge in [-0.15, -0.1) is 0 Å². The van der Waals surface area contributed by atoms with E-state index in [9.17, 15) is 24.0 Å². The van der Waals surface area contributed by atoms with Crippen LogP contribution in [0.3, 0.4) is 0 Å². The minimum absolute atomic E-state index is 0.0461. The molecule has 23 heteroatoms. The Hall–Kier alpha value is -7.33. The summed E-state index contributed by atoms with van der Waals surface area (Å²) in [5, 5.41) is 25.5. The lowest BCUT2D eigenvalue weighted by Gasteiger charge is -2.21. The van der Waals surface area contributed by atoms with Crippen molar-refractivity contribution in [1.29, 1.82) is 0 Å². The van der Waals surface area contributed by atoms with Crippen LogP contribution in [0.25, 0.3) is 64.6 Å². The average Bonchev–Trinajstić information content (AvgIpc) is 0.751. The molecule has 8 aromatic carbocycles. The number of amides is 5. The zero-order chi connectivity index (χ0) is 67.9. The quantitative estimate of drug-likeness (QED) is 0.0176. The Kier molecular flexibility index (Phi) is 34.1.